The van der Waals surface area contributed by atoms with Gasteiger partial charge in [-0.3, -0.25) is 0 Å². The van der Waals surface area contributed by atoms with Crippen LogP contribution in [-0.4, -0.2) is 0 Å². The summed E-state index contributed by atoms with van der Waals surface area (Å²) in [4.78, 5) is 0. The Labute approximate surface area is 105 Å². The SMILES string of the molecule is C.CC.CC.CCCCC.[Ar]. The molecule has 0 aliphatic rings. The largest absolute Gasteiger partial charge is 0.0776 e. The average Bonchev–Trinajstić information content (AvgIpc) is 1.98. The summed E-state index contributed by atoms with van der Waals surface area (Å²) in [6, 6.07) is 0. The minimum absolute atomic E-state index is 0. The molecule has 0 N–H and O–H groups in total. The van der Waals surface area contributed by atoms with Crippen LogP contribution in [0.25, 0.3) is 0 Å². The molecule has 0 aromatic heterocycles. The van der Waals surface area contributed by atoms with Crippen molar-refractivity contribution in [3.63, 3.8) is 0 Å². The van der Waals surface area contributed by atoms with E-state index in [4.69, 9.17) is 0 Å². The Hall–Kier alpha value is 1.26. The van der Waals surface area contributed by atoms with Crippen LogP contribution in [0.3, 0.4) is 0 Å². The molecule has 0 bridgehead atoms. The second-order valence-corrected chi connectivity index (χ2v) is 1.35. The maximum Gasteiger partial charge on any atom is 0 e. The van der Waals surface area contributed by atoms with E-state index in [2.05, 4.69) is 13.8 Å². The van der Waals surface area contributed by atoms with Crippen LogP contribution >= 0.6 is 0 Å². The molecule has 0 unspecified atom stereocenters. The predicted octanol–water partition coefficient (Wildman–Crippen LogP) is 4.89. The van der Waals surface area contributed by atoms with Crippen LogP contribution < -0.4 is 0 Å². The zero-order valence-corrected chi connectivity index (χ0v) is 9.18. The second kappa shape index (κ2) is 65.3. The standard InChI is InChI=1S/C5H12.2C2H6.CH4.Ar/c1-3-5-4-2;2*1-2;;/h3-5H2,1-2H3;2*1-2H3;1H4;. The van der Waals surface area contributed by atoms with Crippen LogP contribution in [0.4, 0.5) is 0 Å². The van der Waals surface area contributed by atoms with Crippen molar-refractivity contribution in [2.75, 3.05) is 0 Å². The van der Waals surface area contributed by atoms with Crippen LogP contribution in [0.5, 0.6) is 0 Å². The zero-order valence-electron chi connectivity index (χ0n) is 8.47. The Morgan fingerprint density at radius 1 is 0.727 bits per heavy atom. The van der Waals surface area contributed by atoms with Gasteiger partial charge in [-0.25, -0.2) is 0 Å². The van der Waals surface area contributed by atoms with Gasteiger partial charge in [-0.15, -0.1) is 0 Å². The van der Waals surface area contributed by atoms with Gasteiger partial charge in [0.05, 0.1) is 0 Å². The fourth-order valence-corrected chi connectivity index (χ4v) is 0.354. The van der Waals surface area contributed by atoms with Crippen LogP contribution in [0.2, 0.25) is 0 Å². The molecule has 0 fully saturated rings. The van der Waals surface area contributed by atoms with Gasteiger partial charge in [0.1, 0.15) is 0 Å². The molecule has 0 saturated carbocycles. The van der Waals surface area contributed by atoms with E-state index in [1.54, 1.807) is 0 Å². The van der Waals surface area contributed by atoms with Gasteiger partial charge < -0.3 is 0 Å². The van der Waals surface area contributed by atoms with E-state index in [0.29, 0.717) is 0 Å². The summed E-state index contributed by atoms with van der Waals surface area (Å²) < 4.78 is 0. The van der Waals surface area contributed by atoms with Crippen molar-refractivity contribution in [3.05, 3.63) is 0 Å². The minimum Gasteiger partial charge on any atom is -0.0776 e. The molecule has 0 amide bonds. The van der Waals surface area contributed by atoms with Gasteiger partial charge in [0.15, 0.2) is 0 Å². The molecule has 0 spiro atoms. The van der Waals surface area contributed by atoms with E-state index in [0.717, 1.165) is 0 Å². The Kier molecular flexibility index (Phi) is 175. The minimum atomic E-state index is 0. The van der Waals surface area contributed by atoms with Crippen LogP contribution in [0.15, 0.2) is 0 Å². The third-order valence-corrected chi connectivity index (χ3v) is 0.707. The number of hydrogen-bond donors (Lipinski definition) is 0. The molecule has 0 aliphatic carbocycles. The Balaban J connectivity index is -0.0000000178. The van der Waals surface area contributed by atoms with E-state index < -0.39 is 0 Å². The first-order chi connectivity index (χ1) is 4.41. The summed E-state index contributed by atoms with van der Waals surface area (Å²) in [7, 11) is 0. The summed E-state index contributed by atoms with van der Waals surface area (Å²) in [6.45, 7) is 12.4. The van der Waals surface area contributed by atoms with Crippen molar-refractivity contribution in [2.24, 2.45) is 0 Å². The van der Waals surface area contributed by atoms with Crippen molar-refractivity contribution in [1.29, 1.82) is 0 Å². The molecule has 0 aromatic carbocycles. The predicted molar refractivity (Wildman–Crippen MR) is 54.6 cm³/mol. The Morgan fingerprint density at radius 3 is 0.909 bits per heavy atom. The third-order valence-electron chi connectivity index (χ3n) is 0.707. The second-order valence-electron chi connectivity index (χ2n) is 1.35. The zero-order chi connectivity index (χ0) is 8.12. The van der Waals surface area contributed by atoms with Gasteiger partial charge in [-0.2, -0.15) is 0 Å². The molecule has 0 radical (unpaired) electrons. The van der Waals surface area contributed by atoms with E-state index >= 15 is 0 Å². The number of unbranched alkanes of at least 4 members (excludes halogenated alkanes) is 2. The summed E-state index contributed by atoms with van der Waals surface area (Å²) in [6.07, 6.45) is 4.08. The summed E-state index contributed by atoms with van der Waals surface area (Å²) in [5.74, 6) is 0. The monoisotopic (exact) mass is 188 g/mol. The van der Waals surface area contributed by atoms with Crippen molar-refractivity contribution >= 4 is 0 Å². The molecule has 0 aromatic rings. The molecule has 1 heteroatoms. The van der Waals surface area contributed by atoms with Gasteiger partial charge in [0.2, 0.25) is 0 Å². The topological polar surface area (TPSA) is 0 Å². The summed E-state index contributed by atoms with van der Waals surface area (Å²) in [5, 5.41) is 0. The molecular formula is C10H28Ar. The van der Waals surface area contributed by atoms with E-state index in [-0.39, 0.29) is 45.2 Å². The Morgan fingerprint density at radius 2 is 0.909 bits per heavy atom. The fraction of sp³-hybridized carbons (Fsp3) is 1.00. The molecule has 0 saturated heterocycles. The quantitative estimate of drug-likeness (QED) is 0.579. The number of rotatable bonds is 2. The first kappa shape index (κ1) is 29.5. The molecule has 76 valence electrons. The van der Waals surface area contributed by atoms with Gasteiger partial charge in [-0.05, 0) is 0 Å². The van der Waals surface area contributed by atoms with Crippen molar-refractivity contribution < 1.29 is 37.7 Å². The van der Waals surface area contributed by atoms with Gasteiger partial charge in [-0.1, -0.05) is 68.2 Å². The first-order valence-electron chi connectivity index (χ1n) is 4.41. The van der Waals surface area contributed by atoms with Crippen LogP contribution in [-0.2, 0) is 0 Å². The molecule has 0 rings (SSSR count). The maximum absolute atomic E-state index is 2.21. The van der Waals surface area contributed by atoms with E-state index in [1.807, 2.05) is 27.7 Å². The van der Waals surface area contributed by atoms with E-state index in [1.165, 1.54) is 19.3 Å². The fourth-order valence-electron chi connectivity index (χ4n) is 0.354. The summed E-state index contributed by atoms with van der Waals surface area (Å²) >= 11 is 0. The van der Waals surface area contributed by atoms with Crippen LogP contribution in [0, 0.1) is 37.7 Å². The molecule has 0 aliphatic heterocycles. The van der Waals surface area contributed by atoms with E-state index in [9.17, 15) is 0 Å². The third kappa shape index (κ3) is 90.9. The number of hydrogen-bond acceptors (Lipinski definition) is 0. The van der Waals surface area contributed by atoms with Crippen LogP contribution in [0.1, 0.15) is 68.2 Å². The van der Waals surface area contributed by atoms with Crippen molar-refractivity contribution in [1.82, 2.24) is 0 Å². The Bertz CT molecular complexity index is 12.3. The average molecular weight is 188 g/mol. The maximum atomic E-state index is 2.21. The van der Waals surface area contributed by atoms with Gasteiger partial charge in [0.25, 0.3) is 0 Å². The molecule has 11 heavy (non-hydrogen) atoms. The van der Waals surface area contributed by atoms with Crippen molar-refractivity contribution in [2.45, 2.75) is 68.2 Å². The smallest absolute Gasteiger partial charge is 0 e. The first-order valence-corrected chi connectivity index (χ1v) is 4.41. The summed E-state index contributed by atoms with van der Waals surface area (Å²) in [5.41, 5.74) is 0. The van der Waals surface area contributed by atoms with Crippen molar-refractivity contribution in [3.8, 4) is 0 Å². The molecular weight excluding hydrogens is 160 g/mol. The normalized spacial score (nSPS) is 4.91. The van der Waals surface area contributed by atoms with Gasteiger partial charge >= 0.3 is 0 Å². The molecule has 0 heterocycles. The molecule has 0 nitrogen and oxygen atoms in total. The van der Waals surface area contributed by atoms with Gasteiger partial charge in [0, 0.05) is 37.7 Å². The molecule has 0 atom stereocenters.